The Labute approximate surface area is 273 Å². The first-order valence-corrected chi connectivity index (χ1v) is 16.6. The van der Waals surface area contributed by atoms with Crippen molar-refractivity contribution in [1.29, 1.82) is 0 Å². The van der Waals surface area contributed by atoms with Gasteiger partial charge in [-0.25, -0.2) is 9.78 Å². The highest BCUT2D eigenvalue weighted by Crippen LogP contribution is 2.34. The lowest BCUT2D eigenvalue weighted by Crippen LogP contribution is -2.34. The number of anilines is 1. The van der Waals surface area contributed by atoms with Gasteiger partial charge in [0.25, 0.3) is 0 Å². The number of aryl methyl sites for hydroxylation is 1. The number of halogens is 1. The minimum atomic E-state index is -0.280. The molecule has 2 N–H and O–H groups in total. The SMILES string of the molecule is CCCCn1c(-c2ccc(NC(=O)NC(C)C)c(OCCc3cccc(Cl)c3)c2)nc2ccc(OCCCN(CC)CC)cc21. The Morgan fingerprint density at radius 2 is 1.80 bits per heavy atom. The largest absolute Gasteiger partial charge is 0.493 e. The number of carbonyl (C=O) groups excluding carboxylic acids is 1. The van der Waals surface area contributed by atoms with Crippen molar-refractivity contribution in [1.82, 2.24) is 19.8 Å². The molecule has 4 rings (SSSR count). The lowest BCUT2D eigenvalue weighted by molar-refractivity contribution is 0.249. The number of imidazole rings is 1. The third-order valence-corrected chi connectivity index (χ3v) is 7.92. The third-order valence-electron chi connectivity index (χ3n) is 7.68. The molecule has 0 saturated carbocycles. The molecule has 0 aliphatic rings. The van der Waals surface area contributed by atoms with Crippen molar-refractivity contribution in [3.8, 4) is 22.9 Å². The summed E-state index contributed by atoms with van der Waals surface area (Å²) in [5.41, 5.74) is 4.55. The minimum absolute atomic E-state index is 0.00573. The molecule has 0 radical (unpaired) electrons. The van der Waals surface area contributed by atoms with Crippen LogP contribution in [0.25, 0.3) is 22.4 Å². The van der Waals surface area contributed by atoms with Crippen molar-refractivity contribution in [2.75, 3.05) is 38.2 Å². The van der Waals surface area contributed by atoms with Gasteiger partial charge in [-0.05, 0) is 87.8 Å². The summed E-state index contributed by atoms with van der Waals surface area (Å²) in [6.07, 6.45) is 3.74. The Bertz CT molecular complexity index is 1530. The number of unbranched alkanes of at least 4 members (excludes halogenated alkanes) is 1. The van der Waals surface area contributed by atoms with Crippen LogP contribution in [0.4, 0.5) is 10.5 Å². The van der Waals surface area contributed by atoms with Crippen LogP contribution >= 0.6 is 11.6 Å². The topological polar surface area (TPSA) is 80.7 Å². The number of hydrogen-bond acceptors (Lipinski definition) is 5. The maximum Gasteiger partial charge on any atom is 0.319 e. The monoisotopic (exact) mass is 633 g/mol. The molecule has 242 valence electrons. The summed E-state index contributed by atoms with van der Waals surface area (Å²) >= 11 is 6.19. The van der Waals surface area contributed by atoms with Gasteiger partial charge in [0.15, 0.2) is 0 Å². The van der Waals surface area contributed by atoms with E-state index in [2.05, 4.69) is 46.9 Å². The molecule has 1 aromatic heterocycles. The summed E-state index contributed by atoms with van der Waals surface area (Å²) in [5.74, 6) is 2.29. The first kappa shape index (κ1) is 34.1. The van der Waals surface area contributed by atoms with E-state index in [0.717, 1.165) is 79.2 Å². The van der Waals surface area contributed by atoms with E-state index in [9.17, 15) is 4.79 Å². The van der Waals surface area contributed by atoms with Crippen molar-refractivity contribution < 1.29 is 14.3 Å². The second-order valence-corrected chi connectivity index (χ2v) is 11.9. The van der Waals surface area contributed by atoms with E-state index in [-0.39, 0.29) is 12.1 Å². The first-order chi connectivity index (χ1) is 21.8. The van der Waals surface area contributed by atoms with Gasteiger partial charge in [-0.15, -0.1) is 0 Å². The van der Waals surface area contributed by atoms with Crippen LogP contribution in [-0.4, -0.2) is 59.4 Å². The number of nitrogens with one attached hydrogen (secondary N) is 2. The number of urea groups is 1. The molecular formula is C36H48ClN5O3. The van der Waals surface area contributed by atoms with Crippen LogP contribution in [0.5, 0.6) is 11.5 Å². The van der Waals surface area contributed by atoms with Crippen molar-refractivity contribution >= 4 is 34.4 Å². The van der Waals surface area contributed by atoms with Gasteiger partial charge in [0.05, 0.1) is 29.9 Å². The molecule has 3 aromatic carbocycles. The van der Waals surface area contributed by atoms with Crippen LogP contribution in [0, 0.1) is 0 Å². The number of fused-ring (bicyclic) bond motifs is 1. The number of rotatable bonds is 17. The Morgan fingerprint density at radius 1 is 0.978 bits per heavy atom. The first-order valence-electron chi connectivity index (χ1n) is 16.3. The van der Waals surface area contributed by atoms with Gasteiger partial charge in [-0.2, -0.15) is 0 Å². The van der Waals surface area contributed by atoms with Crippen LogP contribution in [0.15, 0.2) is 60.7 Å². The Morgan fingerprint density at radius 3 is 2.53 bits per heavy atom. The van der Waals surface area contributed by atoms with Gasteiger partial charge in [0.2, 0.25) is 0 Å². The van der Waals surface area contributed by atoms with E-state index in [1.54, 1.807) is 0 Å². The zero-order chi connectivity index (χ0) is 32.2. The standard InChI is InChI=1S/C36H48ClN5O3/c1-6-9-20-42-33-25-30(44-21-11-19-41(7-2)8-3)15-17-31(33)39-35(42)28-14-16-32(40-36(43)38-26(4)5)34(24-28)45-22-18-27-12-10-13-29(37)23-27/h10,12-17,23-26H,6-9,11,18-22H2,1-5H3,(H2,38,40,43). The molecule has 9 heteroatoms. The summed E-state index contributed by atoms with van der Waals surface area (Å²) < 4.78 is 14.7. The second-order valence-electron chi connectivity index (χ2n) is 11.5. The van der Waals surface area contributed by atoms with E-state index in [4.69, 9.17) is 26.1 Å². The van der Waals surface area contributed by atoms with Crippen LogP contribution in [0.3, 0.4) is 0 Å². The quantitative estimate of drug-likeness (QED) is 0.114. The van der Waals surface area contributed by atoms with Crippen molar-refractivity contribution in [3.05, 3.63) is 71.2 Å². The lowest BCUT2D eigenvalue weighted by atomic mass is 10.1. The summed E-state index contributed by atoms with van der Waals surface area (Å²) in [4.78, 5) is 20.1. The summed E-state index contributed by atoms with van der Waals surface area (Å²) in [5, 5.41) is 6.54. The number of benzene rings is 3. The molecule has 0 bridgehead atoms. The molecule has 8 nitrogen and oxygen atoms in total. The number of carbonyl (C=O) groups is 1. The van der Waals surface area contributed by atoms with Gasteiger partial charge in [0, 0.05) is 42.2 Å². The number of hydrogen-bond donors (Lipinski definition) is 2. The molecule has 0 aliphatic heterocycles. The van der Waals surface area contributed by atoms with E-state index < -0.39 is 0 Å². The predicted octanol–water partition coefficient (Wildman–Crippen LogP) is 8.42. The summed E-state index contributed by atoms with van der Waals surface area (Å²) in [7, 11) is 0. The zero-order valence-corrected chi connectivity index (χ0v) is 28.1. The number of aromatic nitrogens is 2. The van der Waals surface area contributed by atoms with Gasteiger partial charge >= 0.3 is 6.03 Å². The fourth-order valence-electron chi connectivity index (χ4n) is 5.25. The number of nitrogens with zero attached hydrogens (tertiary/aromatic N) is 3. The van der Waals surface area contributed by atoms with Crippen molar-refractivity contribution in [2.24, 2.45) is 0 Å². The Kier molecular flexibility index (Phi) is 13.0. The van der Waals surface area contributed by atoms with Gasteiger partial charge in [-0.3, -0.25) is 0 Å². The summed E-state index contributed by atoms with van der Waals surface area (Å²) in [6.45, 7) is 15.5. The van der Waals surface area contributed by atoms with Crippen LogP contribution in [-0.2, 0) is 13.0 Å². The van der Waals surface area contributed by atoms with Crippen molar-refractivity contribution in [2.45, 2.75) is 72.9 Å². The number of amides is 2. The van der Waals surface area contributed by atoms with Crippen LogP contribution in [0.1, 0.15) is 59.4 Å². The molecule has 0 aliphatic carbocycles. The minimum Gasteiger partial charge on any atom is -0.493 e. The molecule has 1 heterocycles. The smallest absolute Gasteiger partial charge is 0.319 e. The molecule has 0 atom stereocenters. The fourth-order valence-corrected chi connectivity index (χ4v) is 5.46. The maximum atomic E-state index is 12.6. The highest BCUT2D eigenvalue weighted by Gasteiger charge is 2.17. The Balaban J connectivity index is 1.61. The zero-order valence-electron chi connectivity index (χ0n) is 27.4. The van der Waals surface area contributed by atoms with Gasteiger partial charge in [0.1, 0.15) is 17.3 Å². The predicted molar refractivity (Wildman–Crippen MR) is 186 cm³/mol. The van der Waals surface area contributed by atoms with Gasteiger partial charge in [-0.1, -0.05) is 50.9 Å². The molecule has 0 saturated heterocycles. The second kappa shape index (κ2) is 17.1. The highest BCUT2D eigenvalue weighted by molar-refractivity contribution is 6.30. The van der Waals surface area contributed by atoms with E-state index in [1.807, 2.05) is 68.4 Å². The average Bonchev–Trinajstić information content (AvgIpc) is 3.38. The van der Waals surface area contributed by atoms with Crippen LogP contribution in [0.2, 0.25) is 5.02 Å². The van der Waals surface area contributed by atoms with Crippen molar-refractivity contribution in [3.63, 3.8) is 0 Å². The fraction of sp³-hybridized carbons (Fsp3) is 0.444. The molecular weight excluding hydrogens is 586 g/mol. The van der Waals surface area contributed by atoms with Crippen LogP contribution < -0.4 is 20.1 Å². The maximum absolute atomic E-state index is 12.6. The van der Waals surface area contributed by atoms with E-state index in [1.165, 1.54) is 0 Å². The third kappa shape index (κ3) is 9.87. The summed E-state index contributed by atoms with van der Waals surface area (Å²) in [6, 6.07) is 19.5. The van der Waals surface area contributed by atoms with Gasteiger partial charge < -0.3 is 29.6 Å². The molecule has 0 spiro atoms. The molecule has 4 aromatic rings. The lowest BCUT2D eigenvalue weighted by Gasteiger charge is -2.17. The number of ether oxygens (including phenoxy) is 2. The Hall–Kier alpha value is -3.75. The molecule has 0 unspecified atom stereocenters. The van der Waals surface area contributed by atoms with E-state index in [0.29, 0.717) is 36.1 Å². The van der Waals surface area contributed by atoms with E-state index >= 15 is 0 Å². The normalized spacial score (nSPS) is 11.4. The molecule has 45 heavy (non-hydrogen) atoms. The highest BCUT2D eigenvalue weighted by atomic mass is 35.5. The average molecular weight is 634 g/mol. The molecule has 0 fully saturated rings. The molecule has 2 amide bonds.